The molecule has 2 heterocycles. The van der Waals surface area contributed by atoms with Crippen LogP contribution in [0.25, 0.3) is 0 Å². The number of aryl methyl sites for hydroxylation is 1. The molecule has 98 valence electrons. The zero-order valence-corrected chi connectivity index (χ0v) is 11.3. The fourth-order valence-electron chi connectivity index (χ4n) is 1.78. The molecule has 7 heteroatoms. The van der Waals surface area contributed by atoms with Crippen molar-refractivity contribution in [1.29, 1.82) is 0 Å². The molecule has 0 fully saturated rings. The predicted molar refractivity (Wildman–Crippen MR) is 70.4 cm³/mol. The number of ether oxygens (including phenoxy) is 1. The molecule has 0 spiro atoms. The summed E-state index contributed by atoms with van der Waals surface area (Å²) in [6, 6.07) is 1.86. The van der Waals surface area contributed by atoms with Crippen LogP contribution in [0.5, 0.6) is 5.75 Å². The molecule has 18 heavy (non-hydrogen) atoms. The number of nitrogens with two attached hydrogens (primary N) is 1. The van der Waals surface area contributed by atoms with Gasteiger partial charge >= 0.3 is 0 Å². The lowest BCUT2D eigenvalue weighted by Gasteiger charge is -2.14. The van der Waals surface area contributed by atoms with Crippen LogP contribution >= 0.6 is 11.3 Å². The summed E-state index contributed by atoms with van der Waals surface area (Å²) >= 11 is 1.60. The third kappa shape index (κ3) is 2.53. The summed E-state index contributed by atoms with van der Waals surface area (Å²) in [6.45, 7) is 2.93. The van der Waals surface area contributed by atoms with Crippen molar-refractivity contribution in [3.63, 3.8) is 0 Å². The number of nitrogens with one attached hydrogen (secondary N) is 1. The first-order valence-corrected chi connectivity index (χ1v) is 6.65. The van der Waals surface area contributed by atoms with Crippen molar-refractivity contribution in [3.05, 3.63) is 28.2 Å². The minimum atomic E-state index is -0.111. The monoisotopic (exact) mass is 267 g/mol. The minimum Gasteiger partial charge on any atom is -0.496 e. The highest BCUT2D eigenvalue weighted by Crippen LogP contribution is 2.30. The van der Waals surface area contributed by atoms with E-state index in [1.54, 1.807) is 24.6 Å². The molecule has 0 aliphatic rings. The number of nitrogens with zero attached hydrogens (tertiary/aromatic N) is 3. The first-order chi connectivity index (χ1) is 8.80. The van der Waals surface area contributed by atoms with Gasteiger partial charge in [-0.2, -0.15) is 0 Å². The summed E-state index contributed by atoms with van der Waals surface area (Å²) in [5, 5.41) is 9.98. The van der Waals surface area contributed by atoms with Gasteiger partial charge < -0.3 is 4.74 Å². The Kier molecular flexibility index (Phi) is 4.29. The van der Waals surface area contributed by atoms with E-state index in [-0.39, 0.29) is 6.04 Å². The van der Waals surface area contributed by atoms with Gasteiger partial charge in [0.2, 0.25) is 0 Å². The Morgan fingerprint density at radius 2 is 2.44 bits per heavy atom. The zero-order valence-electron chi connectivity index (χ0n) is 10.5. The molecule has 0 aliphatic heterocycles. The van der Waals surface area contributed by atoms with E-state index in [1.165, 1.54) is 0 Å². The maximum absolute atomic E-state index is 5.66. The number of thiophene rings is 1. The summed E-state index contributed by atoms with van der Waals surface area (Å²) < 4.78 is 7.06. The molecular weight excluding hydrogens is 250 g/mol. The van der Waals surface area contributed by atoms with Crippen molar-refractivity contribution < 1.29 is 4.74 Å². The lowest BCUT2D eigenvalue weighted by molar-refractivity contribution is 0.416. The zero-order chi connectivity index (χ0) is 13.0. The third-order valence-corrected chi connectivity index (χ3v) is 3.64. The van der Waals surface area contributed by atoms with Crippen LogP contribution in [0.3, 0.4) is 0 Å². The second kappa shape index (κ2) is 5.94. The molecule has 0 aromatic carbocycles. The molecule has 2 rings (SSSR count). The Labute approximate surface area is 110 Å². The molecule has 0 radical (unpaired) electrons. The van der Waals surface area contributed by atoms with Crippen LogP contribution in [0.4, 0.5) is 0 Å². The molecule has 2 aromatic rings. The van der Waals surface area contributed by atoms with Crippen molar-refractivity contribution in [3.8, 4) is 5.75 Å². The Morgan fingerprint density at radius 3 is 3.06 bits per heavy atom. The van der Waals surface area contributed by atoms with Crippen molar-refractivity contribution in [2.45, 2.75) is 25.9 Å². The normalized spacial score (nSPS) is 12.6. The maximum Gasteiger partial charge on any atom is 0.129 e. The number of hydrogen-bond acceptors (Lipinski definition) is 6. The first-order valence-electron chi connectivity index (χ1n) is 5.77. The molecule has 0 saturated carbocycles. The summed E-state index contributed by atoms with van der Waals surface area (Å²) in [4.78, 5) is 1.08. The predicted octanol–water partition coefficient (Wildman–Crippen LogP) is 1.31. The van der Waals surface area contributed by atoms with Gasteiger partial charge in [0.05, 0.1) is 25.0 Å². The van der Waals surface area contributed by atoms with Gasteiger partial charge in [0.1, 0.15) is 5.75 Å². The van der Waals surface area contributed by atoms with Gasteiger partial charge in [0, 0.05) is 16.8 Å². The molecule has 0 bridgehead atoms. The van der Waals surface area contributed by atoms with Crippen LogP contribution in [0, 0.1) is 0 Å². The number of aromatic nitrogens is 3. The van der Waals surface area contributed by atoms with Crippen molar-refractivity contribution in [2.75, 3.05) is 7.11 Å². The van der Waals surface area contributed by atoms with Gasteiger partial charge in [-0.3, -0.25) is 5.84 Å². The van der Waals surface area contributed by atoms with Gasteiger partial charge in [-0.15, -0.1) is 16.4 Å². The molecular formula is C11H17N5OS. The number of hydrazine groups is 1. The van der Waals surface area contributed by atoms with Crippen LogP contribution < -0.4 is 16.0 Å². The lowest BCUT2D eigenvalue weighted by Crippen LogP contribution is -2.30. The number of hydrogen-bond donors (Lipinski definition) is 2. The van der Waals surface area contributed by atoms with E-state index in [2.05, 4.69) is 22.7 Å². The van der Waals surface area contributed by atoms with E-state index in [1.807, 2.05) is 16.1 Å². The second-order valence-electron chi connectivity index (χ2n) is 3.87. The summed E-state index contributed by atoms with van der Waals surface area (Å²) in [5.41, 5.74) is 3.77. The number of rotatable bonds is 6. The van der Waals surface area contributed by atoms with Crippen LogP contribution in [-0.4, -0.2) is 22.1 Å². The van der Waals surface area contributed by atoms with E-state index >= 15 is 0 Å². The molecule has 0 amide bonds. The average molecular weight is 267 g/mol. The Balaban J connectivity index is 2.29. The fourth-order valence-corrected chi connectivity index (χ4v) is 2.71. The van der Waals surface area contributed by atoms with E-state index in [0.29, 0.717) is 0 Å². The van der Waals surface area contributed by atoms with Crippen molar-refractivity contribution in [1.82, 2.24) is 20.4 Å². The molecule has 3 N–H and O–H groups in total. The lowest BCUT2D eigenvalue weighted by atomic mass is 10.2. The van der Waals surface area contributed by atoms with Gasteiger partial charge in [-0.25, -0.2) is 10.1 Å². The van der Waals surface area contributed by atoms with Gasteiger partial charge in [-0.1, -0.05) is 12.1 Å². The molecule has 0 aliphatic carbocycles. The molecule has 0 saturated heterocycles. The molecule has 2 aromatic heterocycles. The Morgan fingerprint density at radius 1 is 1.61 bits per heavy atom. The van der Waals surface area contributed by atoms with Gasteiger partial charge in [0.25, 0.3) is 0 Å². The average Bonchev–Trinajstić information content (AvgIpc) is 3.01. The topological polar surface area (TPSA) is 78.0 Å². The minimum absolute atomic E-state index is 0.111. The van der Waals surface area contributed by atoms with Crippen LogP contribution in [0.15, 0.2) is 17.6 Å². The smallest absolute Gasteiger partial charge is 0.129 e. The van der Waals surface area contributed by atoms with Crippen molar-refractivity contribution in [2.24, 2.45) is 5.84 Å². The summed E-state index contributed by atoms with van der Waals surface area (Å²) in [7, 11) is 1.65. The largest absolute Gasteiger partial charge is 0.496 e. The quantitative estimate of drug-likeness (QED) is 0.609. The fraction of sp³-hybridized carbons (Fsp3) is 0.455. The van der Waals surface area contributed by atoms with Crippen molar-refractivity contribution >= 4 is 11.3 Å². The van der Waals surface area contributed by atoms with E-state index in [0.717, 1.165) is 29.3 Å². The highest BCUT2D eigenvalue weighted by molar-refractivity contribution is 7.10. The molecule has 1 atom stereocenters. The van der Waals surface area contributed by atoms with Crippen LogP contribution in [-0.2, 0) is 6.54 Å². The van der Waals surface area contributed by atoms with Crippen LogP contribution in [0.2, 0.25) is 0 Å². The van der Waals surface area contributed by atoms with Gasteiger partial charge in [0.15, 0.2) is 0 Å². The van der Waals surface area contributed by atoms with Crippen LogP contribution in [0.1, 0.15) is 30.0 Å². The summed E-state index contributed by atoms with van der Waals surface area (Å²) in [6.07, 6.45) is 2.74. The highest BCUT2D eigenvalue weighted by Gasteiger charge is 2.19. The Bertz CT molecular complexity index is 495. The van der Waals surface area contributed by atoms with E-state index < -0.39 is 0 Å². The van der Waals surface area contributed by atoms with E-state index in [4.69, 9.17) is 10.6 Å². The summed E-state index contributed by atoms with van der Waals surface area (Å²) in [5.74, 6) is 6.50. The second-order valence-corrected chi connectivity index (χ2v) is 4.81. The van der Waals surface area contributed by atoms with E-state index in [9.17, 15) is 0 Å². The standard InChI is InChI=1S/C11H17N5OS/c1-3-4-16-9(6-13-15-16)11(14-12)10-5-8(17-2)7-18-10/h5-7,11,14H,3-4,12H2,1-2H3. The SMILES string of the molecule is CCCn1nncc1C(NN)c1cc(OC)cs1. The number of methoxy groups -OCH3 is 1. The third-order valence-electron chi connectivity index (χ3n) is 2.66. The first kappa shape index (κ1) is 13.0. The van der Waals surface area contributed by atoms with Gasteiger partial charge in [-0.05, 0) is 12.5 Å². The Hall–Kier alpha value is -1.44. The highest BCUT2D eigenvalue weighted by atomic mass is 32.1. The molecule has 1 unspecified atom stereocenters. The molecule has 6 nitrogen and oxygen atoms in total. The maximum atomic E-state index is 5.66.